The summed E-state index contributed by atoms with van der Waals surface area (Å²) in [6, 6.07) is 7.12. The number of amides is 1. The molecule has 6 heteroatoms. The van der Waals surface area contributed by atoms with Gasteiger partial charge in [0.25, 0.3) is 0 Å². The summed E-state index contributed by atoms with van der Waals surface area (Å²) in [6.07, 6.45) is 0. The maximum Gasteiger partial charge on any atom is 0.243 e. The average Bonchev–Trinajstić information content (AvgIpc) is 2.53. The third kappa shape index (κ3) is 3.98. The Morgan fingerprint density at radius 1 is 1.00 bits per heavy atom. The molecule has 0 atom stereocenters. The molecule has 5 nitrogen and oxygen atoms in total. The van der Waals surface area contributed by atoms with Crippen LogP contribution in [0.25, 0.3) is 0 Å². The van der Waals surface area contributed by atoms with Gasteiger partial charge in [0.2, 0.25) is 15.9 Å². The molecule has 0 spiro atoms. The second-order valence-electron chi connectivity index (χ2n) is 7.66. The smallest absolute Gasteiger partial charge is 0.243 e. The fraction of sp³-hybridized carbons (Fsp3) is 0.611. The zero-order valence-electron chi connectivity index (χ0n) is 15.2. The van der Waals surface area contributed by atoms with Gasteiger partial charge in [-0.3, -0.25) is 4.79 Å². The van der Waals surface area contributed by atoms with E-state index in [0.717, 1.165) is 5.56 Å². The van der Waals surface area contributed by atoms with E-state index >= 15 is 0 Å². The molecular formula is C18H28N2O3S. The average molecular weight is 353 g/mol. The molecule has 1 aromatic rings. The quantitative estimate of drug-likeness (QED) is 0.840. The predicted octanol–water partition coefficient (Wildman–Crippen LogP) is 2.47. The molecule has 1 aliphatic heterocycles. The van der Waals surface area contributed by atoms with Gasteiger partial charge in [0, 0.05) is 32.1 Å². The summed E-state index contributed by atoms with van der Waals surface area (Å²) in [5.41, 5.74) is 1.10. The van der Waals surface area contributed by atoms with Crippen LogP contribution in [0.3, 0.4) is 0 Å². The molecule has 1 aliphatic rings. The largest absolute Gasteiger partial charge is 0.340 e. The highest BCUT2D eigenvalue weighted by atomic mass is 32.2. The highest BCUT2D eigenvalue weighted by Gasteiger charge is 2.30. The van der Waals surface area contributed by atoms with Gasteiger partial charge in [-0.1, -0.05) is 46.8 Å². The summed E-state index contributed by atoms with van der Waals surface area (Å²) in [6.45, 7) is 11.6. The number of carbonyl (C=O) groups is 1. The van der Waals surface area contributed by atoms with E-state index in [9.17, 15) is 13.2 Å². The topological polar surface area (TPSA) is 57.7 Å². The Labute approximate surface area is 145 Å². The Morgan fingerprint density at radius 3 is 1.92 bits per heavy atom. The highest BCUT2D eigenvalue weighted by molar-refractivity contribution is 7.89. The van der Waals surface area contributed by atoms with E-state index in [1.807, 2.05) is 26.0 Å². The fourth-order valence-corrected chi connectivity index (χ4v) is 4.21. The van der Waals surface area contributed by atoms with Gasteiger partial charge in [0.1, 0.15) is 0 Å². The van der Waals surface area contributed by atoms with Crippen LogP contribution < -0.4 is 0 Å². The molecule has 1 fully saturated rings. The Hall–Kier alpha value is -1.40. The van der Waals surface area contributed by atoms with Crippen molar-refractivity contribution in [1.29, 1.82) is 0 Å². The van der Waals surface area contributed by atoms with E-state index in [1.54, 1.807) is 17.0 Å². The minimum Gasteiger partial charge on any atom is -0.340 e. The number of carbonyl (C=O) groups excluding carboxylic acids is 1. The number of piperazine rings is 1. The van der Waals surface area contributed by atoms with E-state index in [1.165, 1.54) is 4.31 Å². The SMILES string of the molecule is CC(C)C(=O)N1CCN(S(=O)(=O)c2ccc(C(C)(C)C)cc2)CC1. The van der Waals surface area contributed by atoms with Crippen molar-refractivity contribution in [3.63, 3.8) is 0 Å². The Morgan fingerprint density at radius 2 is 1.50 bits per heavy atom. The van der Waals surface area contributed by atoms with Crippen molar-refractivity contribution >= 4 is 15.9 Å². The molecule has 0 unspecified atom stereocenters. The molecule has 134 valence electrons. The monoisotopic (exact) mass is 352 g/mol. The molecule has 1 saturated heterocycles. The van der Waals surface area contributed by atoms with Gasteiger partial charge >= 0.3 is 0 Å². The first-order chi connectivity index (χ1) is 11.0. The second-order valence-corrected chi connectivity index (χ2v) is 9.60. The third-order valence-corrected chi connectivity index (χ3v) is 6.32. The van der Waals surface area contributed by atoms with Crippen molar-refractivity contribution in [1.82, 2.24) is 9.21 Å². The van der Waals surface area contributed by atoms with Crippen molar-refractivity contribution < 1.29 is 13.2 Å². The maximum absolute atomic E-state index is 12.8. The summed E-state index contributed by atoms with van der Waals surface area (Å²) in [7, 11) is -3.50. The molecule has 0 radical (unpaired) electrons. The van der Waals surface area contributed by atoms with E-state index < -0.39 is 10.0 Å². The summed E-state index contributed by atoms with van der Waals surface area (Å²) < 4.78 is 27.0. The van der Waals surface area contributed by atoms with Crippen molar-refractivity contribution in [2.75, 3.05) is 26.2 Å². The predicted molar refractivity (Wildman–Crippen MR) is 95.3 cm³/mol. The molecular weight excluding hydrogens is 324 g/mol. The van der Waals surface area contributed by atoms with Crippen LogP contribution in [-0.4, -0.2) is 49.7 Å². The number of hydrogen-bond donors (Lipinski definition) is 0. The number of sulfonamides is 1. The molecule has 0 bridgehead atoms. The molecule has 24 heavy (non-hydrogen) atoms. The summed E-state index contributed by atoms with van der Waals surface area (Å²) in [5.74, 6) is 0.0275. The maximum atomic E-state index is 12.8. The molecule has 0 saturated carbocycles. The molecule has 1 aromatic carbocycles. The second kappa shape index (κ2) is 6.84. The molecule has 0 N–H and O–H groups in total. The van der Waals surface area contributed by atoms with Gasteiger partial charge in [-0.15, -0.1) is 0 Å². The van der Waals surface area contributed by atoms with Gasteiger partial charge in [-0.25, -0.2) is 8.42 Å². The van der Waals surface area contributed by atoms with Crippen LogP contribution in [0, 0.1) is 5.92 Å². The minimum atomic E-state index is -3.50. The van der Waals surface area contributed by atoms with Crippen LogP contribution in [0.2, 0.25) is 0 Å². The van der Waals surface area contributed by atoms with Gasteiger partial charge < -0.3 is 4.90 Å². The van der Waals surface area contributed by atoms with Gasteiger partial charge in [-0.05, 0) is 23.1 Å². The van der Waals surface area contributed by atoms with Crippen LogP contribution in [-0.2, 0) is 20.2 Å². The highest BCUT2D eigenvalue weighted by Crippen LogP contribution is 2.25. The molecule has 0 aromatic heterocycles. The van der Waals surface area contributed by atoms with Crippen LogP contribution in [0.4, 0.5) is 0 Å². The minimum absolute atomic E-state index is 0.00880. The van der Waals surface area contributed by atoms with Crippen molar-refractivity contribution in [2.45, 2.75) is 44.9 Å². The third-order valence-electron chi connectivity index (χ3n) is 4.40. The summed E-state index contributed by atoms with van der Waals surface area (Å²) in [4.78, 5) is 14.1. The van der Waals surface area contributed by atoms with Crippen molar-refractivity contribution in [3.8, 4) is 0 Å². The lowest BCUT2D eigenvalue weighted by Gasteiger charge is -2.35. The van der Waals surface area contributed by atoms with Gasteiger partial charge in [-0.2, -0.15) is 4.31 Å². The number of benzene rings is 1. The van der Waals surface area contributed by atoms with E-state index in [0.29, 0.717) is 31.1 Å². The first-order valence-electron chi connectivity index (χ1n) is 8.43. The van der Waals surface area contributed by atoms with E-state index in [4.69, 9.17) is 0 Å². The van der Waals surface area contributed by atoms with Crippen molar-refractivity contribution in [2.24, 2.45) is 5.92 Å². The molecule has 1 heterocycles. The van der Waals surface area contributed by atoms with Crippen LogP contribution in [0.1, 0.15) is 40.2 Å². The number of rotatable bonds is 3. The number of hydrogen-bond acceptors (Lipinski definition) is 3. The standard InChI is InChI=1S/C18H28N2O3S/c1-14(2)17(21)19-10-12-20(13-11-19)24(22,23)16-8-6-15(7-9-16)18(3,4)5/h6-9,14H,10-13H2,1-5H3. The first-order valence-corrected chi connectivity index (χ1v) is 9.87. The number of nitrogens with zero attached hydrogens (tertiary/aromatic N) is 2. The molecule has 1 amide bonds. The lowest BCUT2D eigenvalue weighted by Crippen LogP contribution is -2.51. The molecule has 0 aliphatic carbocycles. The summed E-state index contributed by atoms with van der Waals surface area (Å²) >= 11 is 0. The Kier molecular flexibility index (Phi) is 5.40. The zero-order chi connectivity index (χ0) is 18.1. The summed E-state index contributed by atoms with van der Waals surface area (Å²) in [5, 5.41) is 0. The zero-order valence-corrected chi connectivity index (χ0v) is 16.1. The van der Waals surface area contributed by atoms with E-state index in [-0.39, 0.29) is 17.2 Å². The Balaban J connectivity index is 2.11. The van der Waals surface area contributed by atoms with E-state index in [2.05, 4.69) is 20.8 Å². The lowest BCUT2D eigenvalue weighted by atomic mass is 9.87. The van der Waals surface area contributed by atoms with Crippen LogP contribution in [0.5, 0.6) is 0 Å². The Bertz CT molecular complexity index is 680. The van der Waals surface area contributed by atoms with Gasteiger partial charge in [0.05, 0.1) is 4.90 Å². The molecule has 2 rings (SSSR count). The first kappa shape index (κ1) is 18.9. The fourth-order valence-electron chi connectivity index (χ4n) is 2.79. The van der Waals surface area contributed by atoms with Crippen LogP contribution >= 0.6 is 0 Å². The van der Waals surface area contributed by atoms with Gasteiger partial charge in [0.15, 0.2) is 0 Å². The lowest BCUT2D eigenvalue weighted by molar-refractivity contribution is -0.135. The normalized spacial score (nSPS) is 17.3. The van der Waals surface area contributed by atoms with Crippen molar-refractivity contribution in [3.05, 3.63) is 29.8 Å². The van der Waals surface area contributed by atoms with Crippen LogP contribution in [0.15, 0.2) is 29.2 Å².